The Kier molecular flexibility index (Phi) is 6.03. The number of carboxylic acids is 1. The van der Waals surface area contributed by atoms with Crippen molar-refractivity contribution in [3.63, 3.8) is 0 Å². The number of esters is 1. The van der Waals surface area contributed by atoms with Crippen LogP contribution >= 0.6 is 0 Å². The van der Waals surface area contributed by atoms with E-state index in [1.165, 1.54) is 7.11 Å². The van der Waals surface area contributed by atoms with E-state index >= 15 is 0 Å². The minimum Gasteiger partial charge on any atom is -0.492 e. The highest BCUT2D eigenvalue weighted by atomic mass is 16.5. The quantitative estimate of drug-likeness (QED) is 0.699. The number of rotatable bonds is 8. The van der Waals surface area contributed by atoms with Gasteiger partial charge in [-0.25, -0.2) is 4.79 Å². The number of fused-ring (bicyclic) bond motifs is 1. The van der Waals surface area contributed by atoms with Crippen molar-refractivity contribution in [1.82, 2.24) is 0 Å². The van der Waals surface area contributed by atoms with Crippen LogP contribution < -0.4 is 14.4 Å². The van der Waals surface area contributed by atoms with Crippen molar-refractivity contribution in [1.29, 1.82) is 0 Å². The minimum atomic E-state index is -0.829. The number of ether oxygens (including phenoxy) is 3. The van der Waals surface area contributed by atoms with Gasteiger partial charge in [-0.3, -0.25) is 4.79 Å². The molecule has 0 aliphatic carbocycles. The summed E-state index contributed by atoms with van der Waals surface area (Å²) in [5, 5.41) is 8.96. The summed E-state index contributed by atoms with van der Waals surface area (Å²) in [5.74, 6) is 0.0757. The number of benzene rings is 2. The fraction of sp³-hybridized carbons (Fsp3) is 0.333. The lowest BCUT2D eigenvalue weighted by atomic mass is 9.98. The Bertz CT molecular complexity index is 848. The lowest BCUT2D eigenvalue weighted by Crippen LogP contribution is -2.23. The van der Waals surface area contributed by atoms with Crippen LogP contribution in [0.2, 0.25) is 0 Å². The van der Waals surface area contributed by atoms with Crippen LogP contribution in [0.15, 0.2) is 42.5 Å². The molecule has 1 aliphatic rings. The van der Waals surface area contributed by atoms with Gasteiger partial charge in [-0.1, -0.05) is 6.07 Å². The van der Waals surface area contributed by atoms with Crippen LogP contribution in [0, 0.1) is 0 Å². The Labute approximate surface area is 163 Å². The molecule has 0 saturated carbocycles. The number of anilines is 1. The molecule has 2 aromatic carbocycles. The molecule has 0 amide bonds. The lowest BCUT2D eigenvalue weighted by molar-refractivity contribution is -0.137. The van der Waals surface area contributed by atoms with Crippen molar-refractivity contribution in [2.75, 3.05) is 38.8 Å². The Morgan fingerprint density at radius 3 is 2.64 bits per heavy atom. The molecule has 0 fully saturated rings. The van der Waals surface area contributed by atoms with Crippen LogP contribution in [0.1, 0.15) is 28.3 Å². The first-order chi connectivity index (χ1) is 13.5. The number of hydrogen-bond donors (Lipinski definition) is 1. The van der Waals surface area contributed by atoms with E-state index < -0.39 is 5.97 Å². The molecule has 7 nitrogen and oxygen atoms in total. The first-order valence-corrected chi connectivity index (χ1v) is 8.99. The van der Waals surface area contributed by atoms with E-state index in [1.54, 1.807) is 12.1 Å². The summed E-state index contributed by atoms with van der Waals surface area (Å²) >= 11 is 0. The van der Waals surface area contributed by atoms with Crippen LogP contribution in [-0.2, 0) is 9.53 Å². The van der Waals surface area contributed by atoms with Crippen molar-refractivity contribution < 1.29 is 28.9 Å². The van der Waals surface area contributed by atoms with Gasteiger partial charge in [0.15, 0.2) is 0 Å². The van der Waals surface area contributed by atoms with Crippen molar-refractivity contribution in [2.45, 2.75) is 12.3 Å². The third-order valence-electron chi connectivity index (χ3n) is 4.71. The van der Waals surface area contributed by atoms with Gasteiger partial charge in [0, 0.05) is 30.3 Å². The van der Waals surface area contributed by atoms with Gasteiger partial charge in [0.2, 0.25) is 0 Å². The molecular formula is C21H23NO6. The molecule has 2 aromatic rings. The Morgan fingerprint density at radius 1 is 1.21 bits per heavy atom. The lowest BCUT2D eigenvalue weighted by Gasteiger charge is -2.20. The van der Waals surface area contributed by atoms with Crippen LogP contribution in [-0.4, -0.2) is 51.0 Å². The summed E-state index contributed by atoms with van der Waals surface area (Å²) in [6.07, 6.45) is 0.0623. The Balaban J connectivity index is 1.52. The summed E-state index contributed by atoms with van der Waals surface area (Å²) in [5.41, 5.74) is 2.39. The van der Waals surface area contributed by atoms with E-state index in [-0.39, 0.29) is 18.3 Å². The molecule has 1 heterocycles. The fourth-order valence-electron chi connectivity index (χ4n) is 3.13. The maximum atomic E-state index is 11.5. The van der Waals surface area contributed by atoms with Crippen molar-refractivity contribution in [3.8, 4) is 11.5 Å². The molecule has 148 valence electrons. The zero-order chi connectivity index (χ0) is 20.1. The summed E-state index contributed by atoms with van der Waals surface area (Å²) in [6, 6.07) is 12.7. The molecule has 0 aromatic heterocycles. The molecule has 0 radical (unpaired) electrons. The van der Waals surface area contributed by atoms with Gasteiger partial charge in [0.1, 0.15) is 18.1 Å². The number of hydrogen-bond acceptors (Lipinski definition) is 6. The zero-order valence-corrected chi connectivity index (χ0v) is 15.9. The standard InChI is InChI=1S/C21H23NO6/c1-22(16-5-3-14(4-6-16)21(25)26-2)9-10-27-17-7-8-18-15(11-20(23)24)13-28-19(18)12-17/h3-8,12,15H,9-11,13H2,1-2H3,(H,23,24). The van der Waals surface area contributed by atoms with Crippen LogP contribution in [0.4, 0.5) is 5.69 Å². The SMILES string of the molecule is COC(=O)c1ccc(N(C)CCOc2ccc3c(c2)OCC3CC(=O)O)cc1. The molecule has 0 spiro atoms. The third kappa shape index (κ3) is 4.54. The molecule has 1 N–H and O–H groups in total. The van der Waals surface area contributed by atoms with Crippen molar-refractivity contribution in [2.24, 2.45) is 0 Å². The second kappa shape index (κ2) is 8.65. The molecule has 1 unspecified atom stereocenters. The number of aliphatic carboxylic acids is 1. The first kappa shape index (κ1) is 19.5. The number of methoxy groups -OCH3 is 1. The van der Waals surface area contributed by atoms with Crippen molar-refractivity contribution in [3.05, 3.63) is 53.6 Å². The molecule has 1 aliphatic heterocycles. The topological polar surface area (TPSA) is 85.3 Å². The predicted molar refractivity (Wildman–Crippen MR) is 103 cm³/mol. The van der Waals surface area contributed by atoms with E-state index in [0.29, 0.717) is 36.8 Å². The smallest absolute Gasteiger partial charge is 0.337 e. The van der Waals surface area contributed by atoms with E-state index in [2.05, 4.69) is 0 Å². The molecular weight excluding hydrogens is 362 g/mol. The largest absolute Gasteiger partial charge is 0.492 e. The Hall–Kier alpha value is -3.22. The van der Waals surface area contributed by atoms with Gasteiger partial charge in [-0.15, -0.1) is 0 Å². The molecule has 1 atom stereocenters. The van der Waals surface area contributed by atoms with Crippen LogP contribution in [0.5, 0.6) is 11.5 Å². The minimum absolute atomic E-state index is 0.0623. The van der Waals surface area contributed by atoms with Gasteiger partial charge in [0.05, 0.1) is 32.2 Å². The van der Waals surface area contributed by atoms with E-state index in [9.17, 15) is 9.59 Å². The van der Waals surface area contributed by atoms with E-state index in [0.717, 1.165) is 11.3 Å². The number of carbonyl (C=O) groups excluding carboxylic acids is 1. The average molecular weight is 385 g/mol. The summed E-state index contributed by atoms with van der Waals surface area (Å²) in [7, 11) is 3.30. The van der Waals surface area contributed by atoms with Crippen molar-refractivity contribution >= 4 is 17.6 Å². The van der Waals surface area contributed by atoms with Crippen LogP contribution in [0.25, 0.3) is 0 Å². The van der Waals surface area contributed by atoms with Gasteiger partial charge < -0.3 is 24.2 Å². The summed E-state index contributed by atoms with van der Waals surface area (Å²) in [6.45, 7) is 1.50. The second-order valence-corrected chi connectivity index (χ2v) is 6.61. The number of likely N-dealkylation sites (N-methyl/N-ethyl adjacent to an activating group) is 1. The average Bonchev–Trinajstić information content (AvgIpc) is 3.08. The third-order valence-corrected chi connectivity index (χ3v) is 4.71. The number of carbonyl (C=O) groups is 2. The molecule has 0 bridgehead atoms. The summed E-state index contributed by atoms with van der Waals surface area (Å²) in [4.78, 5) is 24.4. The predicted octanol–water partition coefficient (Wildman–Crippen LogP) is 2.94. The molecule has 0 saturated heterocycles. The van der Waals surface area contributed by atoms with E-state index in [4.69, 9.17) is 19.3 Å². The maximum Gasteiger partial charge on any atom is 0.337 e. The van der Waals surface area contributed by atoms with Gasteiger partial charge >= 0.3 is 11.9 Å². The highest BCUT2D eigenvalue weighted by Gasteiger charge is 2.26. The number of carboxylic acid groups (broad SMARTS) is 1. The highest BCUT2D eigenvalue weighted by Crippen LogP contribution is 2.38. The van der Waals surface area contributed by atoms with E-state index in [1.807, 2.05) is 42.3 Å². The first-order valence-electron chi connectivity index (χ1n) is 8.99. The second-order valence-electron chi connectivity index (χ2n) is 6.61. The monoisotopic (exact) mass is 385 g/mol. The normalized spacial score (nSPS) is 14.7. The van der Waals surface area contributed by atoms with Crippen LogP contribution in [0.3, 0.4) is 0 Å². The fourth-order valence-corrected chi connectivity index (χ4v) is 3.13. The molecule has 7 heteroatoms. The number of nitrogens with zero attached hydrogens (tertiary/aromatic N) is 1. The molecule has 3 rings (SSSR count). The summed E-state index contributed by atoms with van der Waals surface area (Å²) < 4.78 is 16.1. The highest BCUT2D eigenvalue weighted by molar-refractivity contribution is 5.89. The Morgan fingerprint density at radius 2 is 1.96 bits per heavy atom. The van der Waals surface area contributed by atoms with Gasteiger partial charge in [-0.2, -0.15) is 0 Å². The van der Waals surface area contributed by atoms with Gasteiger partial charge in [0.25, 0.3) is 0 Å². The van der Waals surface area contributed by atoms with Gasteiger partial charge in [-0.05, 0) is 30.3 Å². The maximum absolute atomic E-state index is 11.5. The molecule has 28 heavy (non-hydrogen) atoms. The zero-order valence-electron chi connectivity index (χ0n) is 15.9.